The molecule has 0 saturated carbocycles. The topological polar surface area (TPSA) is 73.9 Å². The predicted octanol–water partition coefficient (Wildman–Crippen LogP) is 4.49. The van der Waals surface area contributed by atoms with Gasteiger partial charge >= 0.3 is 5.97 Å². The third kappa shape index (κ3) is 5.27. The van der Waals surface area contributed by atoms with E-state index in [1.165, 1.54) is 11.1 Å². The molecule has 1 N–H and O–H groups in total. The van der Waals surface area contributed by atoms with Gasteiger partial charge in [-0.05, 0) is 66.8 Å². The number of benzene rings is 3. The molecule has 0 spiro atoms. The van der Waals surface area contributed by atoms with Gasteiger partial charge in [0.2, 0.25) is 6.10 Å². The summed E-state index contributed by atoms with van der Waals surface area (Å²) in [5.41, 5.74) is 3.74. The van der Waals surface area contributed by atoms with E-state index >= 15 is 0 Å². The molecule has 0 saturated heterocycles. The van der Waals surface area contributed by atoms with Crippen LogP contribution in [0.25, 0.3) is 0 Å². The van der Waals surface area contributed by atoms with E-state index in [4.69, 9.17) is 14.2 Å². The Morgan fingerprint density at radius 1 is 0.906 bits per heavy atom. The van der Waals surface area contributed by atoms with Gasteiger partial charge in [0, 0.05) is 11.3 Å². The quantitative estimate of drug-likeness (QED) is 0.532. The lowest BCUT2D eigenvalue weighted by Gasteiger charge is -2.18. The van der Waals surface area contributed by atoms with Crippen molar-refractivity contribution in [1.29, 1.82) is 0 Å². The second kappa shape index (κ2) is 10.0. The van der Waals surface area contributed by atoms with Crippen LogP contribution in [0.5, 0.6) is 11.5 Å². The third-order valence-corrected chi connectivity index (χ3v) is 5.37. The molecule has 164 valence electrons. The molecule has 4 rings (SSSR count). The smallest absolute Gasteiger partial charge is 0.345 e. The summed E-state index contributed by atoms with van der Waals surface area (Å²) in [4.78, 5) is 25.5. The molecule has 32 heavy (non-hydrogen) atoms. The van der Waals surface area contributed by atoms with Gasteiger partial charge < -0.3 is 19.5 Å². The lowest BCUT2D eigenvalue weighted by Crippen LogP contribution is -2.28. The first kappa shape index (κ1) is 21.4. The molecular formula is C26H25NO5. The number of aryl methyl sites for hydroxylation is 2. The number of amides is 1. The number of esters is 1. The van der Waals surface area contributed by atoms with E-state index in [2.05, 4.69) is 5.32 Å². The monoisotopic (exact) mass is 431 g/mol. The third-order valence-electron chi connectivity index (χ3n) is 5.37. The summed E-state index contributed by atoms with van der Waals surface area (Å²) >= 11 is 0. The predicted molar refractivity (Wildman–Crippen MR) is 121 cm³/mol. The highest BCUT2D eigenvalue weighted by molar-refractivity contribution is 5.96. The van der Waals surface area contributed by atoms with Crippen LogP contribution in [0.4, 0.5) is 5.69 Å². The van der Waals surface area contributed by atoms with Crippen LogP contribution in [0.3, 0.4) is 0 Å². The van der Waals surface area contributed by atoms with E-state index in [9.17, 15) is 9.59 Å². The molecule has 0 aliphatic heterocycles. The van der Waals surface area contributed by atoms with Crippen LogP contribution in [0.1, 0.15) is 29.2 Å². The lowest BCUT2D eigenvalue weighted by molar-refractivity contribution is -0.156. The van der Waals surface area contributed by atoms with E-state index < -0.39 is 18.0 Å². The van der Waals surface area contributed by atoms with Crippen molar-refractivity contribution in [3.8, 4) is 11.5 Å². The number of methoxy groups -OCH3 is 1. The number of nitrogens with one attached hydrogen (secondary N) is 1. The molecule has 0 fully saturated rings. The molecule has 1 amide bonds. The van der Waals surface area contributed by atoms with Crippen molar-refractivity contribution >= 4 is 17.6 Å². The molecule has 1 aliphatic carbocycles. The van der Waals surface area contributed by atoms with Crippen molar-refractivity contribution in [2.75, 3.05) is 19.0 Å². The molecule has 3 aromatic rings. The fourth-order valence-electron chi connectivity index (χ4n) is 3.73. The van der Waals surface area contributed by atoms with Crippen LogP contribution in [0.2, 0.25) is 0 Å². The summed E-state index contributed by atoms with van der Waals surface area (Å²) < 4.78 is 16.3. The second-order valence-corrected chi connectivity index (χ2v) is 7.57. The van der Waals surface area contributed by atoms with Gasteiger partial charge in [-0.3, -0.25) is 4.79 Å². The summed E-state index contributed by atoms with van der Waals surface area (Å²) in [6.07, 6.45) is 2.15. The van der Waals surface area contributed by atoms with Crippen LogP contribution >= 0.6 is 0 Å². The number of hydrogen-bond donors (Lipinski definition) is 1. The van der Waals surface area contributed by atoms with Gasteiger partial charge in [-0.25, -0.2) is 4.79 Å². The number of fused-ring (bicyclic) bond motifs is 1. The average Bonchev–Trinajstić information content (AvgIpc) is 3.30. The minimum atomic E-state index is -1.10. The Balaban J connectivity index is 1.41. The van der Waals surface area contributed by atoms with Crippen LogP contribution < -0.4 is 14.8 Å². The zero-order valence-corrected chi connectivity index (χ0v) is 17.9. The van der Waals surface area contributed by atoms with Crippen LogP contribution in [-0.2, 0) is 27.2 Å². The Hall–Kier alpha value is -3.80. The van der Waals surface area contributed by atoms with E-state index in [0.29, 0.717) is 22.7 Å². The molecule has 0 aromatic heterocycles. The first-order valence-corrected chi connectivity index (χ1v) is 10.6. The van der Waals surface area contributed by atoms with Gasteiger partial charge in [0.15, 0.2) is 6.61 Å². The second-order valence-electron chi connectivity index (χ2n) is 7.57. The van der Waals surface area contributed by atoms with Gasteiger partial charge in [0.25, 0.3) is 5.91 Å². The molecule has 0 radical (unpaired) electrons. The standard InChI is InChI=1S/C26H25NO5/c1-30-22-14-11-21(12-15-22)27-26(29)25(19-6-3-2-4-7-19)32-24(28)17-31-23-13-10-18-8-5-9-20(18)16-23/h2-4,6-7,10-16,25H,5,8-9,17H2,1H3,(H,27,29)/t25-/m0/s1. The van der Waals surface area contributed by atoms with Crippen LogP contribution in [0, 0.1) is 0 Å². The average molecular weight is 431 g/mol. The van der Waals surface area contributed by atoms with Gasteiger partial charge in [-0.1, -0.05) is 36.4 Å². The zero-order chi connectivity index (χ0) is 22.3. The van der Waals surface area contributed by atoms with Gasteiger partial charge in [-0.2, -0.15) is 0 Å². The Morgan fingerprint density at radius 2 is 1.62 bits per heavy atom. The summed E-state index contributed by atoms with van der Waals surface area (Å²) in [5.74, 6) is 0.232. The highest BCUT2D eigenvalue weighted by atomic mass is 16.6. The fraction of sp³-hybridized carbons (Fsp3) is 0.231. The molecule has 0 unspecified atom stereocenters. The Morgan fingerprint density at radius 3 is 2.38 bits per heavy atom. The Bertz CT molecular complexity index is 1080. The van der Waals surface area contributed by atoms with Crippen molar-refractivity contribution in [2.45, 2.75) is 25.4 Å². The van der Waals surface area contributed by atoms with E-state index in [0.717, 1.165) is 19.3 Å². The van der Waals surface area contributed by atoms with Gasteiger partial charge in [0.05, 0.1) is 7.11 Å². The number of carbonyl (C=O) groups is 2. The van der Waals surface area contributed by atoms with Crippen LogP contribution in [0.15, 0.2) is 72.8 Å². The zero-order valence-electron chi connectivity index (χ0n) is 17.9. The Kier molecular flexibility index (Phi) is 6.70. The number of ether oxygens (including phenoxy) is 3. The SMILES string of the molecule is COc1ccc(NC(=O)[C@@H](OC(=O)COc2ccc3c(c2)CCC3)c2ccccc2)cc1. The van der Waals surface area contributed by atoms with Gasteiger partial charge in [0.1, 0.15) is 11.5 Å². The highest BCUT2D eigenvalue weighted by Gasteiger charge is 2.25. The van der Waals surface area contributed by atoms with E-state index in [-0.39, 0.29) is 6.61 Å². The number of anilines is 1. The van der Waals surface area contributed by atoms with Crippen molar-refractivity contribution in [1.82, 2.24) is 0 Å². The first-order chi connectivity index (χ1) is 15.6. The summed E-state index contributed by atoms with van der Waals surface area (Å²) in [7, 11) is 1.57. The van der Waals surface area contributed by atoms with Crippen molar-refractivity contribution in [3.63, 3.8) is 0 Å². The molecular weight excluding hydrogens is 406 g/mol. The lowest BCUT2D eigenvalue weighted by atomic mass is 10.1. The molecule has 0 heterocycles. The molecule has 6 heteroatoms. The molecule has 0 bridgehead atoms. The largest absolute Gasteiger partial charge is 0.497 e. The summed E-state index contributed by atoms with van der Waals surface area (Å²) in [5, 5.41) is 2.79. The maximum absolute atomic E-state index is 12.9. The highest BCUT2D eigenvalue weighted by Crippen LogP contribution is 2.26. The van der Waals surface area contributed by atoms with Crippen molar-refractivity contribution in [3.05, 3.63) is 89.5 Å². The minimum absolute atomic E-state index is 0.280. The Labute approximate surface area is 187 Å². The first-order valence-electron chi connectivity index (χ1n) is 10.6. The minimum Gasteiger partial charge on any atom is -0.497 e. The summed E-state index contributed by atoms with van der Waals surface area (Å²) in [6, 6.07) is 21.7. The maximum atomic E-state index is 12.9. The maximum Gasteiger partial charge on any atom is 0.345 e. The fourth-order valence-corrected chi connectivity index (χ4v) is 3.73. The molecule has 1 atom stereocenters. The van der Waals surface area contributed by atoms with Crippen molar-refractivity contribution in [2.24, 2.45) is 0 Å². The number of hydrogen-bond acceptors (Lipinski definition) is 5. The van der Waals surface area contributed by atoms with Crippen molar-refractivity contribution < 1.29 is 23.8 Å². The normalized spacial score (nSPS) is 13.0. The van der Waals surface area contributed by atoms with Gasteiger partial charge in [-0.15, -0.1) is 0 Å². The molecule has 3 aromatic carbocycles. The summed E-state index contributed by atoms with van der Waals surface area (Å²) in [6.45, 7) is -0.280. The number of carbonyl (C=O) groups excluding carboxylic acids is 2. The number of rotatable bonds is 8. The van der Waals surface area contributed by atoms with Crippen LogP contribution in [-0.4, -0.2) is 25.6 Å². The molecule has 6 nitrogen and oxygen atoms in total. The van der Waals surface area contributed by atoms with E-state index in [1.807, 2.05) is 24.3 Å². The van der Waals surface area contributed by atoms with E-state index in [1.54, 1.807) is 55.6 Å². The molecule has 1 aliphatic rings.